The van der Waals surface area contributed by atoms with Crippen molar-refractivity contribution in [2.24, 2.45) is 5.41 Å². The van der Waals surface area contributed by atoms with Gasteiger partial charge in [-0.25, -0.2) is 0 Å². The van der Waals surface area contributed by atoms with E-state index < -0.39 is 17.5 Å². The second-order valence-corrected chi connectivity index (χ2v) is 6.38. The first-order chi connectivity index (χ1) is 9.26. The summed E-state index contributed by atoms with van der Waals surface area (Å²) < 4.78 is 0. The van der Waals surface area contributed by atoms with Crippen molar-refractivity contribution in [1.82, 2.24) is 0 Å². The molecule has 0 saturated carbocycles. The van der Waals surface area contributed by atoms with Crippen LogP contribution in [-0.4, -0.2) is 22.3 Å². The molecule has 1 rings (SSSR count). The molecule has 0 heterocycles. The molecular formula is C16H23ClO3. The molecule has 0 amide bonds. The highest BCUT2D eigenvalue weighted by atomic mass is 35.5. The molecule has 0 bridgehead atoms. The Morgan fingerprint density at radius 3 is 2.30 bits per heavy atom. The minimum Gasteiger partial charge on any atom is -0.481 e. The van der Waals surface area contributed by atoms with Gasteiger partial charge in [0.05, 0.1) is 11.5 Å². The number of carboxylic acid groups (broad SMARTS) is 1. The summed E-state index contributed by atoms with van der Waals surface area (Å²) in [5, 5.41) is 19.8. The van der Waals surface area contributed by atoms with E-state index in [1.807, 2.05) is 19.1 Å². The maximum Gasteiger partial charge on any atom is 0.309 e. The first-order valence-electron chi connectivity index (χ1n) is 6.93. The summed E-state index contributed by atoms with van der Waals surface area (Å²) in [4.78, 5) is 11.3. The molecule has 0 radical (unpaired) electrons. The van der Waals surface area contributed by atoms with Crippen molar-refractivity contribution in [2.75, 3.05) is 0 Å². The van der Waals surface area contributed by atoms with Crippen molar-refractivity contribution in [3.8, 4) is 0 Å². The van der Waals surface area contributed by atoms with Crippen LogP contribution in [0.15, 0.2) is 24.3 Å². The van der Waals surface area contributed by atoms with Crippen molar-refractivity contribution >= 4 is 17.6 Å². The zero-order valence-electron chi connectivity index (χ0n) is 12.3. The van der Waals surface area contributed by atoms with Crippen LogP contribution in [0.1, 0.15) is 51.5 Å². The minimum absolute atomic E-state index is 0.00770. The van der Waals surface area contributed by atoms with Gasteiger partial charge in [0, 0.05) is 5.02 Å². The maximum atomic E-state index is 11.3. The molecule has 1 aromatic rings. The number of carbonyl (C=O) groups is 1. The molecule has 2 atom stereocenters. The Morgan fingerprint density at radius 2 is 1.85 bits per heavy atom. The van der Waals surface area contributed by atoms with Crippen LogP contribution in [0.5, 0.6) is 0 Å². The molecule has 4 heteroatoms. The molecule has 20 heavy (non-hydrogen) atoms. The fourth-order valence-electron chi connectivity index (χ4n) is 2.27. The SMILES string of the molecule is CCC(O)CC(CC(C)(C)C(=O)O)c1ccc(Cl)cc1. The quantitative estimate of drug-likeness (QED) is 0.797. The van der Waals surface area contributed by atoms with E-state index in [2.05, 4.69) is 0 Å². The van der Waals surface area contributed by atoms with E-state index in [9.17, 15) is 15.0 Å². The van der Waals surface area contributed by atoms with Crippen LogP contribution in [0.2, 0.25) is 5.02 Å². The highest BCUT2D eigenvalue weighted by molar-refractivity contribution is 6.30. The van der Waals surface area contributed by atoms with Gasteiger partial charge in [0.1, 0.15) is 0 Å². The van der Waals surface area contributed by atoms with E-state index in [4.69, 9.17) is 11.6 Å². The topological polar surface area (TPSA) is 57.5 Å². The number of hydrogen-bond donors (Lipinski definition) is 2. The first kappa shape index (κ1) is 17.0. The molecule has 112 valence electrons. The zero-order chi connectivity index (χ0) is 15.3. The molecule has 0 fully saturated rings. The third-order valence-corrected chi connectivity index (χ3v) is 3.96. The predicted octanol–water partition coefficient (Wildman–Crippen LogP) is 4.09. The number of rotatable bonds is 7. The van der Waals surface area contributed by atoms with Crippen molar-refractivity contribution in [3.63, 3.8) is 0 Å². The van der Waals surface area contributed by atoms with Gasteiger partial charge < -0.3 is 10.2 Å². The third kappa shape index (κ3) is 4.80. The largest absolute Gasteiger partial charge is 0.481 e. The summed E-state index contributed by atoms with van der Waals surface area (Å²) in [5.41, 5.74) is 0.203. The van der Waals surface area contributed by atoms with Crippen molar-refractivity contribution in [3.05, 3.63) is 34.9 Å². The summed E-state index contributed by atoms with van der Waals surface area (Å²) >= 11 is 5.89. The zero-order valence-corrected chi connectivity index (χ0v) is 13.0. The van der Waals surface area contributed by atoms with Gasteiger partial charge in [0.2, 0.25) is 0 Å². The van der Waals surface area contributed by atoms with E-state index in [0.717, 1.165) is 5.56 Å². The number of benzene rings is 1. The molecule has 0 saturated heterocycles. The van der Waals surface area contributed by atoms with Gasteiger partial charge in [-0.15, -0.1) is 0 Å². The Bertz CT molecular complexity index is 440. The monoisotopic (exact) mass is 298 g/mol. The van der Waals surface area contributed by atoms with Crippen LogP contribution < -0.4 is 0 Å². The van der Waals surface area contributed by atoms with Crippen LogP contribution in [0.25, 0.3) is 0 Å². The lowest BCUT2D eigenvalue weighted by Gasteiger charge is -2.28. The second-order valence-electron chi connectivity index (χ2n) is 5.94. The van der Waals surface area contributed by atoms with Crippen LogP contribution in [-0.2, 0) is 4.79 Å². The summed E-state index contributed by atoms with van der Waals surface area (Å²) in [6.07, 6.45) is 1.30. The molecule has 1 aromatic carbocycles. The van der Waals surface area contributed by atoms with Gasteiger partial charge >= 0.3 is 5.97 Å². The third-order valence-electron chi connectivity index (χ3n) is 3.70. The normalized spacial score (nSPS) is 14.8. The minimum atomic E-state index is -0.822. The number of carboxylic acids is 1. The number of aliphatic carboxylic acids is 1. The van der Waals surface area contributed by atoms with Gasteiger partial charge in [-0.3, -0.25) is 4.79 Å². The Balaban J connectivity index is 2.96. The van der Waals surface area contributed by atoms with Crippen molar-refractivity contribution in [2.45, 2.75) is 52.1 Å². The number of aliphatic hydroxyl groups is 1. The number of aliphatic hydroxyl groups excluding tert-OH is 1. The Hall–Kier alpha value is -1.06. The van der Waals surface area contributed by atoms with E-state index >= 15 is 0 Å². The Kier molecular flexibility index (Phi) is 6.03. The standard InChI is InChI=1S/C16H23ClO3/c1-4-14(18)9-12(10-16(2,3)15(19)20)11-5-7-13(17)8-6-11/h5-8,12,14,18H,4,9-10H2,1-3H3,(H,19,20). The van der Waals surface area contributed by atoms with Gasteiger partial charge in [0.25, 0.3) is 0 Å². The molecule has 0 spiro atoms. The van der Waals surface area contributed by atoms with Gasteiger partial charge in [0.15, 0.2) is 0 Å². The fourth-order valence-corrected chi connectivity index (χ4v) is 2.40. The number of hydrogen-bond acceptors (Lipinski definition) is 2. The Labute approximate surface area is 125 Å². The van der Waals surface area contributed by atoms with Gasteiger partial charge in [-0.2, -0.15) is 0 Å². The van der Waals surface area contributed by atoms with Crippen LogP contribution in [0.3, 0.4) is 0 Å². The average molecular weight is 299 g/mol. The highest BCUT2D eigenvalue weighted by Crippen LogP contribution is 2.35. The van der Waals surface area contributed by atoms with Crippen molar-refractivity contribution < 1.29 is 15.0 Å². The van der Waals surface area contributed by atoms with Crippen LogP contribution >= 0.6 is 11.6 Å². The lowest BCUT2D eigenvalue weighted by Crippen LogP contribution is -2.27. The van der Waals surface area contributed by atoms with Gasteiger partial charge in [-0.1, -0.05) is 30.7 Å². The molecule has 0 aromatic heterocycles. The molecule has 0 aliphatic heterocycles. The average Bonchev–Trinajstić information content (AvgIpc) is 2.38. The predicted molar refractivity (Wildman–Crippen MR) is 81.1 cm³/mol. The molecule has 0 aliphatic carbocycles. The van der Waals surface area contributed by atoms with Crippen LogP contribution in [0.4, 0.5) is 0 Å². The molecule has 0 aliphatic rings. The first-order valence-corrected chi connectivity index (χ1v) is 7.31. The van der Waals surface area contributed by atoms with Gasteiger partial charge in [-0.05, 0) is 56.7 Å². The van der Waals surface area contributed by atoms with Crippen LogP contribution in [0, 0.1) is 5.41 Å². The lowest BCUT2D eigenvalue weighted by molar-refractivity contribution is -0.147. The van der Waals surface area contributed by atoms with E-state index in [1.165, 1.54) is 0 Å². The summed E-state index contributed by atoms with van der Waals surface area (Å²) in [6, 6.07) is 7.42. The molecule has 2 N–H and O–H groups in total. The molecule has 3 nitrogen and oxygen atoms in total. The van der Waals surface area contributed by atoms with Crippen molar-refractivity contribution in [1.29, 1.82) is 0 Å². The summed E-state index contributed by atoms with van der Waals surface area (Å²) in [6.45, 7) is 5.36. The Morgan fingerprint density at radius 1 is 1.30 bits per heavy atom. The summed E-state index contributed by atoms with van der Waals surface area (Å²) in [7, 11) is 0. The molecule has 2 unspecified atom stereocenters. The fraction of sp³-hybridized carbons (Fsp3) is 0.562. The maximum absolute atomic E-state index is 11.3. The summed E-state index contributed by atoms with van der Waals surface area (Å²) in [5.74, 6) is -0.809. The molecular weight excluding hydrogens is 276 g/mol. The highest BCUT2D eigenvalue weighted by Gasteiger charge is 2.32. The van der Waals surface area contributed by atoms with E-state index in [-0.39, 0.29) is 5.92 Å². The second kappa shape index (κ2) is 7.09. The number of halogens is 1. The smallest absolute Gasteiger partial charge is 0.309 e. The lowest BCUT2D eigenvalue weighted by atomic mass is 9.77. The van der Waals surface area contributed by atoms with E-state index in [1.54, 1.807) is 26.0 Å². The van der Waals surface area contributed by atoms with E-state index in [0.29, 0.717) is 24.3 Å².